The van der Waals surface area contributed by atoms with Gasteiger partial charge in [0, 0.05) is 25.4 Å². The van der Waals surface area contributed by atoms with Gasteiger partial charge in [-0.3, -0.25) is 4.79 Å². The van der Waals surface area contributed by atoms with Gasteiger partial charge < -0.3 is 14.4 Å². The molecule has 0 saturated carbocycles. The van der Waals surface area contributed by atoms with Crippen LogP contribution in [0, 0.1) is 6.92 Å². The Morgan fingerprint density at radius 3 is 3.06 bits per heavy atom. The molecule has 17 heavy (non-hydrogen) atoms. The van der Waals surface area contributed by atoms with Gasteiger partial charge in [-0.25, -0.2) is 0 Å². The fourth-order valence-corrected chi connectivity index (χ4v) is 1.45. The molecule has 0 spiro atoms. The lowest BCUT2D eigenvalue weighted by Gasteiger charge is -2.04. The highest BCUT2D eigenvalue weighted by molar-refractivity contribution is 4.93. The van der Waals surface area contributed by atoms with Gasteiger partial charge in [0.25, 0.3) is 5.56 Å². The molecule has 6 nitrogen and oxygen atoms in total. The van der Waals surface area contributed by atoms with Crippen LogP contribution in [0.15, 0.2) is 33.7 Å². The maximum Gasteiger partial charge on any atom is 0.250 e. The average molecular weight is 234 g/mol. The minimum atomic E-state index is 0.00272. The summed E-state index contributed by atoms with van der Waals surface area (Å²) >= 11 is 0. The van der Waals surface area contributed by atoms with Crippen molar-refractivity contribution >= 4 is 0 Å². The molecule has 0 saturated heterocycles. The number of hydrogen-bond acceptors (Lipinski definition) is 5. The molecule has 1 N–H and O–H groups in total. The lowest BCUT2D eigenvalue weighted by molar-refractivity contribution is 0.363. The van der Waals surface area contributed by atoms with Gasteiger partial charge in [0.15, 0.2) is 5.82 Å². The highest BCUT2D eigenvalue weighted by Crippen LogP contribution is 1.94. The van der Waals surface area contributed by atoms with Crippen molar-refractivity contribution in [2.24, 2.45) is 0 Å². The van der Waals surface area contributed by atoms with Crippen molar-refractivity contribution < 1.29 is 4.52 Å². The highest BCUT2D eigenvalue weighted by Gasteiger charge is 2.01. The zero-order valence-corrected chi connectivity index (χ0v) is 9.59. The fraction of sp³-hybridized carbons (Fsp3) is 0.364. The van der Waals surface area contributed by atoms with E-state index in [0.717, 1.165) is 0 Å². The molecule has 0 bridgehead atoms. The standard InChI is InChI=1S/C11H14N4O2/c1-9-13-10(17-14-9)8-12-5-7-15-6-3-2-4-11(15)16/h2-4,6,12H,5,7-8H2,1H3. The molecular weight excluding hydrogens is 220 g/mol. The molecule has 0 aromatic carbocycles. The van der Waals surface area contributed by atoms with Gasteiger partial charge in [-0.2, -0.15) is 4.98 Å². The molecule has 2 heterocycles. The van der Waals surface area contributed by atoms with Crippen molar-refractivity contribution in [3.8, 4) is 0 Å². The molecule has 0 amide bonds. The third-order valence-electron chi connectivity index (χ3n) is 2.27. The van der Waals surface area contributed by atoms with E-state index in [1.165, 1.54) is 0 Å². The summed E-state index contributed by atoms with van der Waals surface area (Å²) in [4.78, 5) is 15.4. The third kappa shape index (κ3) is 3.25. The van der Waals surface area contributed by atoms with E-state index < -0.39 is 0 Å². The zero-order valence-electron chi connectivity index (χ0n) is 9.59. The quantitative estimate of drug-likeness (QED) is 0.755. The second-order valence-corrected chi connectivity index (χ2v) is 3.64. The normalized spacial score (nSPS) is 10.6. The fourth-order valence-electron chi connectivity index (χ4n) is 1.45. The smallest absolute Gasteiger partial charge is 0.250 e. The largest absolute Gasteiger partial charge is 0.338 e. The van der Waals surface area contributed by atoms with E-state index in [1.807, 2.05) is 6.07 Å². The first-order chi connectivity index (χ1) is 8.25. The summed E-state index contributed by atoms with van der Waals surface area (Å²) in [7, 11) is 0. The third-order valence-corrected chi connectivity index (χ3v) is 2.27. The molecule has 0 unspecified atom stereocenters. The Hall–Kier alpha value is -1.95. The molecular formula is C11H14N4O2. The summed E-state index contributed by atoms with van der Waals surface area (Å²) in [5.41, 5.74) is 0.00272. The monoisotopic (exact) mass is 234 g/mol. The van der Waals surface area contributed by atoms with Crippen LogP contribution < -0.4 is 10.9 Å². The van der Waals surface area contributed by atoms with Crippen LogP contribution in [0.3, 0.4) is 0 Å². The summed E-state index contributed by atoms with van der Waals surface area (Å²) in [6, 6.07) is 5.11. The number of aryl methyl sites for hydroxylation is 1. The van der Waals surface area contributed by atoms with Crippen molar-refractivity contribution in [2.75, 3.05) is 6.54 Å². The number of rotatable bonds is 5. The van der Waals surface area contributed by atoms with Gasteiger partial charge in [-0.1, -0.05) is 11.2 Å². The van der Waals surface area contributed by atoms with Crippen LogP contribution in [0.2, 0.25) is 0 Å². The number of nitrogens with zero attached hydrogens (tertiary/aromatic N) is 3. The summed E-state index contributed by atoms with van der Waals surface area (Å²) in [5.74, 6) is 1.18. The Labute approximate surface area is 98.3 Å². The average Bonchev–Trinajstić information content (AvgIpc) is 2.73. The van der Waals surface area contributed by atoms with Crippen LogP contribution in [0.25, 0.3) is 0 Å². The predicted molar refractivity (Wildman–Crippen MR) is 61.4 cm³/mol. The minimum absolute atomic E-state index is 0.00272. The molecule has 2 aromatic heterocycles. The SMILES string of the molecule is Cc1noc(CNCCn2ccccc2=O)n1. The minimum Gasteiger partial charge on any atom is -0.338 e. The van der Waals surface area contributed by atoms with Gasteiger partial charge in [0.05, 0.1) is 6.54 Å². The molecule has 0 atom stereocenters. The summed E-state index contributed by atoms with van der Waals surface area (Å²) < 4.78 is 6.59. The first kappa shape index (κ1) is 11.5. The predicted octanol–water partition coefficient (Wildman–Crippen LogP) is 0.330. The maximum absolute atomic E-state index is 11.4. The number of nitrogens with one attached hydrogen (secondary N) is 1. The van der Waals surface area contributed by atoms with Crippen LogP contribution in [-0.2, 0) is 13.1 Å². The van der Waals surface area contributed by atoms with E-state index in [4.69, 9.17) is 4.52 Å². The summed E-state index contributed by atoms with van der Waals surface area (Å²) in [5, 5.41) is 6.82. The number of aromatic nitrogens is 3. The van der Waals surface area contributed by atoms with Gasteiger partial charge in [0.1, 0.15) is 0 Å². The second kappa shape index (κ2) is 5.40. The second-order valence-electron chi connectivity index (χ2n) is 3.64. The van der Waals surface area contributed by atoms with Crippen molar-refractivity contribution in [2.45, 2.75) is 20.0 Å². The first-order valence-corrected chi connectivity index (χ1v) is 5.41. The van der Waals surface area contributed by atoms with Crippen LogP contribution in [0.1, 0.15) is 11.7 Å². The van der Waals surface area contributed by atoms with Gasteiger partial charge in [0.2, 0.25) is 5.89 Å². The Morgan fingerprint density at radius 1 is 1.47 bits per heavy atom. The zero-order chi connectivity index (χ0) is 12.1. The molecule has 6 heteroatoms. The maximum atomic E-state index is 11.4. The molecule has 0 fully saturated rings. The Balaban J connectivity index is 1.77. The summed E-state index contributed by atoms with van der Waals surface area (Å²) in [6.07, 6.45) is 1.76. The lowest BCUT2D eigenvalue weighted by Crippen LogP contribution is -2.25. The molecule has 2 rings (SSSR count). The summed E-state index contributed by atoms with van der Waals surface area (Å²) in [6.45, 7) is 3.58. The van der Waals surface area contributed by atoms with Gasteiger partial charge in [-0.05, 0) is 13.0 Å². The number of hydrogen-bond donors (Lipinski definition) is 1. The molecule has 0 aliphatic rings. The van der Waals surface area contributed by atoms with E-state index in [9.17, 15) is 4.79 Å². The highest BCUT2D eigenvalue weighted by atomic mass is 16.5. The van der Waals surface area contributed by atoms with Crippen LogP contribution in [-0.4, -0.2) is 21.3 Å². The molecule has 90 valence electrons. The van der Waals surface area contributed by atoms with E-state index in [-0.39, 0.29) is 5.56 Å². The lowest BCUT2D eigenvalue weighted by atomic mass is 10.4. The van der Waals surface area contributed by atoms with E-state index >= 15 is 0 Å². The van der Waals surface area contributed by atoms with E-state index in [2.05, 4.69) is 15.5 Å². The van der Waals surface area contributed by atoms with Crippen LogP contribution in [0.4, 0.5) is 0 Å². The topological polar surface area (TPSA) is 73.0 Å². The molecule has 0 aliphatic carbocycles. The molecule has 0 radical (unpaired) electrons. The number of pyridine rings is 1. The van der Waals surface area contributed by atoms with Crippen LogP contribution >= 0.6 is 0 Å². The molecule has 0 aliphatic heterocycles. The van der Waals surface area contributed by atoms with E-state index in [1.54, 1.807) is 29.8 Å². The van der Waals surface area contributed by atoms with Crippen molar-refractivity contribution in [1.82, 2.24) is 20.0 Å². The van der Waals surface area contributed by atoms with Crippen molar-refractivity contribution in [3.63, 3.8) is 0 Å². The van der Waals surface area contributed by atoms with Crippen LogP contribution in [0.5, 0.6) is 0 Å². The van der Waals surface area contributed by atoms with Crippen molar-refractivity contribution in [1.29, 1.82) is 0 Å². The first-order valence-electron chi connectivity index (χ1n) is 5.41. The Bertz CT molecular complexity index is 532. The van der Waals surface area contributed by atoms with Gasteiger partial charge in [-0.15, -0.1) is 0 Å². The Kier molecular flexibility index (Phi) is 3.66. The van der Waals surface area contributed by atoms with Crippen molar-refractivity contribution in [3.05, 3.63) is 46.5 Å². The molecule has 2 aromatic rings. The van der Waals surface area contributed by atoms with E-state index in [0.29, 0.717) is 31.3 Å². The Morgan fingerprint density at radius 2 is 2.35 bits per heavy atom. The van der Waals surface area contributed by atoms with Gasteiger partial charge >= 0.3 is 0 Å².